The fraction of sp³-hybridized carbons (Fsp3) is 0.654. The molecule has 1 fully saturated rings. The summed E-state index contributed by atoms with van der Waals surface area (Å²) in [5.41, 5.74) is 4.69. The van der Waals surface area contributed by atoms with Crippen molar-refractivity contribution < 1.29 is 56.0 Å². The molecule has 246 valence electrons. The third-order valence-corrected chi connectivity index (χ3v) is 8.60. The lowest BCUT2D eigenvalue weighted by Crippen LogP contribution is -2.62. The van der Waals surface area contributed by atoms with Crippen LogP contribution >= 0.6 is 11.3 Å². The molecule has 44 heavy (non-hydrogen) atoms. The Bertz CT molecular complexity index is 1360. The van der Waals surface area contributed by atoms with Crippen LogP contribution in [0.15, 0.2) is 10.5 Å². The Morgan fingerprint density at radius 1 is 1.20 bits per heavy atom. The number of carbonyl (C=O) groups is 5. The van der Waals surface area contributed by atoms with E-state index in [1.165, 1.54) is 26.2 Å². The molecule has 3 N–H and O–H groups in total. The zero-order valence-electron chi connectivity index (χ0n) is 25.1. The molecule has 0 aliphatic carbocycles. The molecule has 0 bridgehead atoms. The Morgan fingerprint density at radius 3 is 2.43 bits per heavy atom. The van der Waals surface area contributed by atoms with Crippen molar-refractivity contribution in [1.29, 1.82) is 0 Å². The first-order chi connectivity index (χ1) is 20.4. The number of hydrogen-bond acceptors (Lipinski definition) is 15. The van der Waals surface area contributed by atoms with Crippen LogP contribution in [0, 0.1) is 11.3 Å². The molecule has 18 heteroatoms. The number of unbranched alkanes of at least 4 members (excludes halogenated alkanes) is 1. The number of aliphatic carboxylic acids is 1. The number of carboxylic acid groups (broad SMARTS) is 1. The standard InChI is InChI=1S/C26H38N4O12S2/c1-16-17(12-19(32)22(18-13-43-24(27)28-18)29-42-26(4,5)40-15-31)23(36)30(16)44(37,38)41-14-25(2,3)10-11-39-21(35)9-7-6-8-20(33)34/h13,15-17H,6-12,14H2,1-5H3,(H2,27,28)(H,33,34)/b29-22+/t16-,17-/m0/s1. The minimum absolute atomic E-state index is 0.00586. The molecule has 1 amide bonds. The Balaban J connectivity index is 1.95. The van der Waals surface area contributed by atoms with E-state index in [9.17, 15) is 32.4 Å². The number of oxime groups is 1. The quantitative estimate of drug-likeness (QED) is 0.0387. The van der Waals surface area contributed by atoms with Crippen molar-refractivity contribution >= 4 is 62.6 Å². The Morgan fingerprint density at radius 2 is 1.86 bits per heavy atom. The Kier molecular flexibility index (Phi) is 12.8. The van der Waals surface area contributed by atoms with E-state index >= 15 is 0 Å². The predicted octanol–water partition coefficient (Wildman–Crippen LogP) is 2.03. The largest absolute Gasteiger partial charge is 0.481 e. The normalized spacial score (nSPS) is 17.5. The van der Waals surface area contributed by atoms with Gasteiger partial charge < -0.3 is 25.2 Å². The van der Waals surface area contributed by atoms with Crippen LogP contribution in [0.2, 0.25) is 0 Å². The van der Waals surface area contributed by atoms with Crippen molar-refractivity contribution in [3.63, 3.8) is 0 Å². The highest BCUT2D eigenvalue weighted by Crippen LogP contribution is 2.34. The van der Waals surface area contributed by atoms with Crippen molar-refractivity contribution in [2.75, 3.05) is 18.9 Å². The minimum Gasteiger partial charge on any atom is -0.481 e. The summed E-state index contributed by atoms with van der Waals surface area (Å²) < 4.78 is 41.4. The topological polar surface area (TPSA) is 231 Å². The maximum atomic E-state index is 13.2. The number of β-lactam (4-membered cyclic amide) rings is 1. The van der Waals surface area contributed by atoms with E-state index in [-0.39, 0.29) is 55.5 Å². The molecule has 1 saturated heterocycles. The van der Waals surface area contributed by atoms with Crippen LogP contribution in [0.5, 0.6) is 0 Å². The smallest absolute Gasteiger partial charge is 0.364 e. The van der Waals surface area contributed by atoms with Crippen molar-refractivity contribution in [3.05, 3.63) is 11.1 Å². The molecule has 1 aliphatic heterocycles. The molecule has 2 heterocycles. The molecule has 2 atom stereocenters. The van der Waals surface area contributed by atoms with E-state index in [1.54, 1.807) is 13.8 Å². The average molecular weight is 663 g/mol. The monoisotopic (exact) mass is 662 g/mol. The minimum atomic E-state index is -4.51. The maximum Gasteiger partial charge on any atom is 0.364 e. The SMILES string of the molecule is C[C@H]1[C@H](CC(=O)/C(=N/OC(C)(C)OC=O)c2csc(N)n2)C(=O)N1S(=O)(=O)OCC(C)(C)CCOC(=O)CCCCC(=O)O. The van der Waals surface area contributed by atoms with Gasteiger partial charge >= 0.3 is 22.2 Å². The van der Waals surface area contributed by atoms with Gasteiger partial charge in [-0.25, -0.2) is 9.29 Å². The number of hydrogen-bond donors (Lipinski definition) is 2. The fourth-order valence-corrected chi connectivity index (χ4v) is 5.91. The van der Waals surface area contributed by atoms with E-state index < -0.39 is 63.5 Å². The van der Waals surface area contributed by atoms with Crippen LogP contribution in [0.1, 0.15) is 78.8 Å². The zero-order chi connectivity index (χ0) is 33.3. The molecule has 1 aromatic rings. The van der Waals surface area contributed by atoms with E-state index in [2.05, 4.69) is 10.1 Å². The summed E-state index contributed by atoms with van der Waals surface area (Å²) in [6.07, 6.45) is 0.594. The molecule has 16 nitrogen and oxygen atoms in total. The van der Waals surface area contributed by atoms with Crippen molar-refractivity contribution in [2.45, 2.75) is 85.0 Å². The first-order valence-corrected chi connectivity index (χ1v) is 15.9. The van der Waals surface area contributed by atoms with Gasteiger partial charge in [0.1, 0.15) is 5.69 Å². The molecule has 1 aliphatic rings. The highest BCUT2D eigenvalue weighted by atomic mass is 32.2. The van der Waals surface area contributed by atoms with Crippen LogP contribution in [-0.2, 0) is 52.8 Å². The van der Waals surface area contributed by atoms with Gasteiger partial charge in [0.15, 0.2) is 16.6 Å². The summed E-state index contributed by atoms with van der Waals surface area (Å²) in [4.78, 5) is 68.3. The van der Waals surface area contributed by atoms with Gasteiger partial charge in [0.25, 0.3) is 12.3 Å². The van der Waals surface area contributed by atoms with E-state index in [1.807, 2.05) is 0 Å². The van der Waals surface area contributed by atoms with E-state index in [0.29, 0.717) is 17.1 Å². The molecule has 0 aromatic carbocycles. The molecule has 1 aromatic heterocycles. The number of Topliss-reactive ketones (excluding diaryl/α,β-unsaturated/α-hetero) is 1. The van der Waals surface area contributed by atoms with E-state index in [0.717, 1.165) is 11.3 Å². The summed E-state index contributed by atoms with van der Waals surface area (Å²) in [5, 5.41) is 14.0. The van der Waals surface area contributed by atoms with Crippen molar-refractivity contribution in [1.82, 2.24) is 9.29 Å². The van der Waals surface area contributed by atoms with Crippen LogP contribution in [0.4, 0.5) is 5.13 Å². The molecule has 0 saturated carbocycles. The van der Waals surface area contributed by atoms with Crippen molar-refractivity contribution in [2.24, 2.45) is 16.5 Å². The summed E-state index contributed by atoms with van der Waals surface area (Å²) in [5.74, 6) is -5.49. The van der Waals surface area contributed by atoms with Gasteiger partial charge in [0.05, 0.1) is 25.2 Å². The number of thiazole rings is 1. The molecule has 2 rings (SSSR count). The fourth-order valence-electron chi connectivity index (χ4n) is 3.87. The van der Waals surface area contributed by atoms with Gasteiger partial charge in [-0.05, 0) is 31.6 Å². The molecular formula is C26H38N4O12S2. The first kappa shape index (κ1) is 36.6. The first-order valence-electron chi connectivity index (χ1n) is 13.6. The molecule has 0 spiro atoms. The second-order valence-electron chi connectivity index (χ2n) is 11.3. The summed E-state index contributed by atoms with van der Waals surface area (Å²) in [6, 6.07) is -0.917. The van der Waals surface area contributed by atoms with Crippen LogP contribution in [-0.4, -0.2) is 83.7 Å². The predicted molar refractivity (Wildman–Crippen MR) is 155 cm³/mol. The number of aromatic nitrogens is 1. The summed E-state index contributed by atoms with van der Waals surface area (Å²) in [6.45, 7) is 7.43. The third-order valence-electron chi connectivity index (χ3n) is 6.51. The number of nitrogens with zero attached hydrogens (tertiary/aromatic N) is 3. The number of nitrogen functional groups attached to an aromatic ring is 1. The maximum absolute atomic E-state index is 13.2. The van der Waals surface area contributed by atoms with Crippen molar-refractivity contribution in [3.8, 4) is 0 Å². The second-order valence-corrected chi connectivity index (χ2v) is 13.7. The number of esters is 1. The van der Waals surface area contributed by atoms with Gasteiger partial charge in [-0.15, -0.1) is 11.3 Å². The van der Waals surface area contributed by atoms with Crippen LogP contribution < -0.4 is 5.73 Å². The van der Waals surface area contributed by atoms with E-state index in [4.69, 9.17) is 29.3 Å². The van der Waals surface area contributed by atoms with Gasteiger partial charge in [0.2, 0.25) is 5.91 Å². The van der Waals surface area contributed by atoms with Crippen LogP contribution in [0.25, 0.3) is 0 Å². The molecular weight excluding hydrogens is 624 g/mol. The number of carboxylic acids is 1. The lowest BCUT2D eigenvalue weighted by atomic mass is 9.86. The number of anilines is 1. The lowest BCUT2D eigenvalue weighted by Gasteiger charge is -2.43. The summed E-state index contributed by atoms with van der Waals surface area (Å²) >= 11 is 1.03. The third kappa shape index (κ3) is 10.8. The number of rotatable bonds is 20. The van der Waals surface area contributed by atoms with Gasteiger partial charge in [-0.3, -0.25) is 28.2 Å². The van der Waals surface area contributed by atoms with Gasteiger partial charge in [-0.1, -0.05) is 19.0 Å². The number of amides is 1. The Hall–Kier alpha value is -3.64. The number of ether oxygens (including phenoxy) is 2. The van der Waals surface area contributed by atoms with Gasteiger partial charge in [0, 0.05) is 38.5 Å². The zero-order valence-corrected chi connectivity index (χ0v) is 26.8. The number of ketones is 1. The molecule has 0 radical (unpaired) electrons. The van der Waals surface area contributed by atoms with Crippen LogP contribution in [0.3, 0.4) is 0 Å². The summed E-state index contributed by atoms with van der Waals surface area (Å²) in [7, 11) is -4.51. The molecule has 0 unspecified atom stereocenters. The lowest BCUT2D eigenvalue weighted by molar-refractivity contribution is -0.203. The number of nitrogens with two attached hydrogens (primary N) is 1. The average Bonchev–Trinajstić information content (AvgIpc) is 3.34. The van der Waals surface area contributed by atoms with Gasteiger partial charge in [-0.2, -0.15) is 8.42 Å². The Labute approximate surface area is 259 Å². The second kappa shape index (κ2) is 15.4. The number of carbonyl (C=O) groups excluding carboxylic acids is 4. The highest BCUT2D eigenvalue weighted by Gasteiger charge is 2.52. The highest BCUT2D eigenvalue weighted by molar-refractivity contribution is 7.85.